The van der Waals surface area contributed by atoms with E-state index in [4.69, 9.17) is 0 Å². The highest BCUT2D eigenvalue weighted by Gasteiger charge is 2.18. The molecule has 0 spiro atoms. The molecule has 0 aliphatic heterocycles. The quantitative estimate of drug-likeness (QED) is 0.681. The van der Waals surface area contributed by atoms with Crippen molar-refractivity contribution in [1.82, 2.24) is 5.32 Å². The fraction of sp³-hybridized carbons (Fsp3) is 0.900. The zero-order chi connectivity index (χ0) is 10.5. The highest BCUT2D eigenvalue weighted by molar-refractivity contribution is 5.76. The standard InChI is InChI=1S/C10H21NO2/c1-5-10(4,13)7-11-9(12)6-8(2)3/h8,13H,5-7H2,1-4H3,(H,11,12). The van der Waals surface area contributed by atoms with Gasteiger partial charge in [-0.1, -0.05) is 20.8 Å². The van der Waals surface area contributed by atoms with Crippen molar-refractivity contribution in [2.45, 2.75) is 46.1 Å². The van der Waals surface area contributed by atoms with E-state index in [0.717, 1.165) is 0 Å². The minimum Gasteiger partial charge on any atom is -0.388 e. The zero-order valence-electron chi connectivity index (χ0n) is 9.05. The molecule has 78 valence electrons. The lowest BCUT2D eigenvalue weighted by Gasteiger charge is -2.21. The van der Waals surface area contributed by atoms with Gasteiger partial charge < -0.3 is 10.4 Å². The van der Waals surface area contributed by atoms with Crippen LogP contribution >= 0.6 is 0 Å². The van der Waals surface area contributed by atoms with Crippen LogP contribution in [-0.4, -0.2) is 23.2 Å². The Morgan fingerprint density at radius 2 is 2.08 bits per heavy atom. The van der Waals surface area contributed by atoms with E-state index >= 15 is 0 Å². The van der Waals surface area contributed by atoms with Gasteiger partial charge in [-0.2, -0.15) is 0 Å². The third kappa shape index (κ3) is 6.58. The van der Waals surface area contributed by atoms with Crippen LogP contribution in [0.15, 0.2) is 0 Å². The molecule has 0 aliphatic carbocycles. The van der Waals surface area contributed by atoms with Gasteiger partial charge in [-0.15, -0.1) is 0 Å². The number of nitrogens with one attached hydrogen (secondary N) is 1. The molecule has 2 N–H and O–H groups in total. The van der Waals surface area contributed by atoms with E-state index in [9.17, 15) is 9.90 Å². The molecule has 1 unspecified atom stereocenters. The third-order valence-corrected chi connectivity index (χ3v) is 2.02. The summed E-state index contributed by atoms with van der Waals surface area (Å²) < 4.78 is 0. The predicted molar refractivity (Wildman–Crippen MR) is 53.4 cm³/mol. The summed E-state index contributed by atoms with van der Waals surface area (Å²) in [5.41, 5.74) is -0.771. The van der Waals surface area contributed by atoms with Crippen LogP contribution in [0.25, 0.3) is 0 Å². The Labute approximate surface area is 80.5 Å². The molecule has 0 saturated heterocycles. The molecule has 0 aliphatic rings. The molecular weight excluding hydrogens is 166 g/mol. The number of carbonyl (C=O) groups is 1. The normalized spacial score (nSPS) is 15.5. The van der Waals surface area contributed by atoms with Crippen LogP contribution in [0.3, 0.4) is 0 Å². The Kier molecular flexibility index (Phi) is 4.99. The summed E-state index contributed by atoms with van der Waals surface area (Å²) >= 11 is 0. The molecule has 0 aromatic rings. The van der Waals surface area contributed by atoms with Crippen LogP contribution in [0.2, 0.25) is 0 Å². The lowest BCUT2D eigenvalue weighted by Crippen LogP contribution is -2.40. The van der Waals surface area contributed by atoms with Gasteiger partial charge in [0.25, 0.3) is 0 Å². The topological polar surface area (TPSA) is 49.3 Å². The van der Waals surface area contributed by atoms with Crippen LogP contribution < -0.4 is 5.32 Å². The maximum atomic E-state index is 11.2. The second kappa shape index (κ2) is 5.22. The first kappa shape index (κ1) is 12.4. The molecule has 1 amide bonds. The van der Waals surface area contributed by atoms with Crippen molar-refractivity contribution in [3.05, 3.63) is 0 Å². The highest BCUT2D eigenvalue weighted by Crippen LogP contribution is 2.06. The van der Waals surface area contributed by atoms with Crippen LogP contribution in [0.1, 0.15) is 40.5 Å². The van der Waals surface area contributed by atoms with Crippen LogP contribution in [-0.2, 0) is 4.79 Å². The average Bonchev–Trinajstić information content (AvgIpc) is 2.00. The molecule has 0 aromatic heterocycles. The monoisotopic (exact) mass is 187 g/mol. The van der Waals surface area contributed by atoms with Crippen molar-refractivity contribution in [3.63, 3.8) is 0 Å². The predicted octanol–water partition coefficient (Wildman–Crippen LogP) is 1.31. The number of rotatable bonds is 5. The number of hydrogen-bond donors (Lipinski definition) is 2. The van der Waals surface area contributed by atoms with E-state index in [1.807, 2.05) is 20.8 Å². The number of amides is 1. The Hall–Kier alpha value is -0.570. The molecule has 13 heavy (non-hydrogen) atoms. The summed E-state index contributed by atoms with van der Waals surface area (Å²) in [6, 6.07) is 0. The summed E-state index contributed by atoms with van der Waals surface area (Å²) in [5.74, 6) is 0.385. The maximum absolute atomic E-state index is 11.2. The van der Waals surface area contributed by atoms with E-state index in [1.54, 1.807) is 6.92 Å². The first-order chi connectivity index (χ1) is 5.87. The summed E-state index contributed by atoms with van der Waals surface area (Å²) in [4.78, 5) is 11.2. The van der Waals surface area contributed by atoms with Crippen molar-refractivity contribution in [2.75, 3.05) is 6.54 Å². The molecule has 0 fully saturated rings. The molecule has 0 heterocycles. The van der Waals surface area contributed by atoms with E-state index in [2.05, 4.69) is 5.32 Å². The van der Waals surface area contributed by atoms with Gasteiger partial charge in [-0.3, -0.25) is 4.79 Å². The molecule has 3 heteroatoms. The smallest absolute Gasteiger partial charge is 0.220 e. The summed E-state index contributed by atoms with van der Waals surface area (Å²) in [7, 11) is 0. The largest absolute Gasteiger partial charge is 0.388 e. The minimum absolute atomic E-state index is 0.0173. The molecule has 0 radical (unpaired) electrons. The minimum atomic E-state index is -0.771. The van der Waals surface area contributed by atoms with E-state index < -0.39 is 5.60 Å². The first-order valence-electron chi connectivity index (χ1n) is 4.86. The Balaban J connectivity index is 3.70. The van der Waals surface area contributed by atoms with Crippen molar-refractivity contribution < 1.29 is 9.90 Å². The van der Waals surface area contributed by atoms with Gasteiger partial charge in [0, 0.05) is 13.0 Å². The molecule has 0 saturated carbocycles. The lowest BCUT2D eigenvalue weighted by molar-refractivity contribution is -0.122. The molecule has 3 nitrogen and oxygen atoms in total. The fourth-order valence-electron chi connectivity index (χ4n) is 0.857. The Morgan fingerprint density at radius 1 is 1.54 bits per heavy atom. The number of carbonyl (C=O) groups excluding carboxylic acids is 1. The van der Waals surface area contributed by atoms with Crippen molar-refractivity contribution in [1.29, 1.82) is 0 Å². The molecular formula is C10H21NO2. The van der Waals surface area contributed by atoms with Gasteiger partial charge in [-0.25, -0.2) is 0 Å². The van der Waals surface area contributed by atoms with Crippen LogP contribution in [0, 0.1) is 5.92 Å². The second-order valence-corrected chi connectivity index (χ2v) is 4.23. The third-order valence-electron chi connectivity index (χ3n) is 2.02. The highest BCUT2D eigenvalue weighted by atomic mass is 16.3. The molecule has 1 atom stereocenters. The van der Waals surface area contributed by atoms with E-state index in [-0.39, 0.29) is 5.91 Å². The van der Waals surface area contributed by atoms with E-state index in [0.29, 0.717) is 25.3 Å². The molecule has 0 aromatic carbocycles. The summed E-state index contributed by atoms with van der Waals surface area (Å²) in [6.45, 7) is 7.96. The number of aliphatic hydroxyl groups is 1. The Morgan fingerprint density at radius 3 is 2.46 bits per heavy atom. The second-order valence-electron chi connectivity index (χ2n) is 4.23. The summed E-state index contributed by atoms with van der Waals surface area (Å²) in [5, 5.41) is 12.3. The Bertz CT molecular complexity index is 164. The van der Waals surface area contributed by atoms with Gasteiger partial charge in [-0.05, 0) is 19.3 Å². The first-order valence-corrected chi connectivity index (χ1v) is 4.86. The SMILES string of the molecule is CCC(C)(O)CNC(=O)CC(C)C. The lowest BCUT2D eigenvalue weighted by atomic mass is 10.0. The van der Waals surface area contributed by atoms with Crippen LogP contribution in [0.4, 0.5) is 0 Å². The van der Waals surface area contributed by atoms with Crippen molar-refractivity contribution in [2.24, 2.45) is 5.92 Å². The van der Waals surface area contributed by atoms with Crippen molar-refractivity contribution >= 4 is 5.91 Å². The van der Waals surface area contributed by atoms with Gasteiger partial charge in [0.05, 0.1) is 5.60 Å². The maximum Gasteiger partial charge on any atom is 0.220 e. The van der Waals surface area contributed by atoms with E-state index in [1.165, 1.54) is 0 Å². The molecule has 0 bridgehead atoms. The van der Waals surface area contributed by atoms with Gasteiger partial charge in [0.15, 0.2) is 0 Å². The van der Waals surface area contributed by atoms with Gasteiger partial charge in [0.2, 0.25) is 5.91 Å². The zero-order valence-corrected chi connectivity index (χ0v) is 9.05. The average molecular weight is 187 g/mol. The molecule has 0 rings (SSSR count). The van der Waals surface area contributed by atoms with Crippen molar-refractivity contribution in [3.8, 4) is 0 Å². The van der Waals surface area contributed by atoms with Gasteiger partial charge >= 0.3 is 0 Å². The fourth-order valence-corrected chi connectivity index (χ4v) is 0.857. The number of hydrogen-bond acceptors (Lipinski definition) is 2. The van der Waals surface area contributed by atoms with Crippen LogP contribution in [0.5, 0.6) is 0 Å². The van der Waals surface area contributed by atoms with Gasteiger partial charge in [0.1, 0.15) is 0 Å². The summed E-state index contributed by atoms with van der Waals surface area (Å²) in [6.07, 6.45) is 1.18.